The number of aliphatic hydroxyl groups excluding tert-OH is 8. The van der Waals surface area contributed by atoms with Crippen LogP contribution in [0.3, 0.4) is 0 Å². The molecule has 24 heteroatoms. The number of hydrogen-bond acceptors (Lipinski definition) is 24. The second-order valence-corrected chi connectivity index (χ2v) is 28.0. The predicted molar refractivity (Wildman–Crippen MR) is 355 cm³/mol. The summed E-state index contributed by atoms with van der Waals surface area (Å²) < 4.78 is 84.6. The molecule has 24 nitrogen and oxygen atoms in total. The monoisotopic (exact) mass is 1380 g/mol. The molecular formula is C73H120O24. The van der Waals surface area contributed by atoms with Crippen LogP contribution in [0.4, 0.5) is 0 Å². The first kappa shape index (κ1) is 81.0. The van der Waals surface area contributed by atoms with E-state index in [4.69, 9.17) is 61.6 Å². The van der Waals surface area contributed by atoms with Gasteiger partial charge in [-0.1, -0.05) is 181 Å². The molecule has 0 spiro atoms. The number of esters is 3. The lowest BCUT2D eigenvalue weighted by molar-refractivity contribution is -0.390. The van der Waals surface area contributed by atoms with E-state index in [1.165, 1.54) is 12.5 Å². The Morgan fingerprint density at radius 1 is 0.536 bits per heavy atom. The van der Waals surface area contributed by atoms with Crippen molar-refractivity contribution in [2.45, 2.75) is 369 Å². The summed E-state index contributed by atoms with van der Waals surface area (Å²) in [5, 5.41) is 92.9. The molecule has 5 aliphatic heterocycles. The van der Waals surface area contributed by atoms with Crippen molar-refractivity contribution in [2.75, 3.05) is 13.2 Å². The highest BCUT2D eigenvalue weighted by Gasteiger charge is 2.59. The topological polar surface area (TPSA) is 333 Å². The lowest BCUT2D eigenvalue weighted by Gasteiger charge is -2.51. The van der Waals surface area contributed by atoms with Crippen molar-refractivity contribution in [1.29, 1.82) is 0 Å². The number of fused-ring (bicyclic) bond motifs is 2. The molecule has 8 N–H and O–H groups in total. The zero-order chi connectivity index (χ0) is 70.1. The van der Waals surface area contributed by atoms with Gasteiger partial charge in [-0.05, 0) is 76.9 Å². The normalized spacial score (nSPS) is 38.6. The Bertz CT molecular complexity index is 2420. The summed E-state index contributed by atoms with van der Waals surface area (Å²) in [7, 11) is 0. The summed E-state index contributed by atoms with van der Waals surface area (Å²) in [6.07, 6.45) is -11.5. The highest BCUT2D eigenvalue weighted by molar-refractivity contribution is 5.87. The Balaban J connectivity index is 1.24. The molecule has 556 valence electrons. The Kier molecular flexibility index (Phi) is 34.8. The van der Waals surface area contributed by atoms with Gasteiger partial charge in [0, 0.05) is 19.1 Å². The van der Waals surface area contributed by atoms with E-state index in [9.17, 15) is 55.2 Å². The van der Waals surface area contributed by atoms with Crippen LogP contribution < -0.4 is 0 Å². The molecule has 1 aromatic carbocycles. The molecule has 1 aliphatic carbocycles. The molecule has 5 saturated heterocycles. The van der Waals surface area contributed by atoms with Crippen LogP contribution in [0.25, 0.3) is 6.08 Å². The zero-order valence-electron chi connectivity index (χ0n) is 58.8. The molecule has 6 aliphatic rings. The number of aliphatic hydroxyl groups is 8. The molecule has 27 atom stereocenters. The average Bonchev–Trinajstić information content (AvgIpc) is 0.746. The van der Waals surface area contributed by atoms with E-state index < -0.39 is 184 Å². The number of unbranched alkanes of at least 4 members (excludes halogenated alkanes) is 10. The van der Waals surface area contributed by atoms with Crippen LogP contribution in [0.1, 0.15) is 221 Å². The third-order valence-electron chi connectivity index (χ3n) is 20.2. The molecule has 7 rings (SSSR count). The maximum Gasteiger partial charge on any atom is 0.331 e. The number of ether oxygens (including phenoxy) is 13. The van der Waals surface area contributed by atoms with Crippen LogP contribution in [0.2, 0.25) is 0 Å². The third-order valence-corrected chi connectivity index (χ3v) is 20.2. The molecule has 97 heavy (non-hydrogen) atoms. The van der Waals surface area contributed by atoms with Gasteiger partial charge in [0.15, 0.2) is 43.5 Å². The smallest absolute Gasteiger partial charge is 0.331 e. The molecular weight excluding hydrogens is 1260 g/mol. The number of hydrogen-bond donors (Lipinski definition) is 8. The number of carbonyl (C=O) groups is 3. The number of benzene rings is 1. The van der Waals surface area contributed by atoms with Crippen molar-refractivity contribution in [3.63, 3.8) is 0 Å². The summed E-state index contributed by atoms with van der Waals surface area (Å²) in [5.74, 6) is -3.48. The molecule has 1 aromatic rings. The van der Waals surface area contributed by atoms with Crippen LogP contribution in [0.5, 0.6) is 0 Å². The van der Waals surface area contributed by atoms with E-state index in [1.807, 2.05) is 13.0 Å². The van der Waals surface area contributed by atoms with Gasteiger partial charge in [0.1, 0.15) is 73.2 Å². The highest BCUT2D eigenvalue weighted by atomic mass is 16.8. The van der Waals surface area contributed by atoms with Gasteiger partial charge in [0.25, 0.3) is 0 Å². The van der Waals surface area contributed by atoms with Crippen molar-refractivity contribution in [1.82, 2.24) is 0 Å². The van der Waals surface area contributed by atoms with E-state index in [2.05, 4.69) is 13.8 Å². The first-order valence-electron chi connectivity index (χ1n) is 36.9. The van der Waals surface area contributed by atoms with Crippen molar-refractivity contribution in [3.05, 3.63) is 42.0 Å². The first-order chi connectivity index (χ1) is 46.7. The lowest BCUT2D eigenvalue weighted by atomic mass is 9.81. The van der Waals surface area contributed by atoms with E-state index in [0.29, 0.717) is 31.2 Å². The quantitative estimate of drug-likeness (QED) is 0.0172. The fourth-order valence-corrected chi connectivity index (χ4v) is 13.9. The summed E-state index contributed by atoms with van der Waals surface area (Å²) >= 11 is 0. The van der Waals surface area contributed by atoms with Crippen molar-refractivity contribution < 1.29 is 117 Å². The predicted octanol–water partition coefficient (Wildman–Crippen LogP) is 7.70. The minimum absolute atomic E-state index is 0.0802. The summed E-state index contributed by atoms with van der Waals surface area (Å²) in [6.45, 7) is 13.8. The molecule has 0 unspecified atom stereocenters. The largest absolute Gasteiger partial charge is 0.455 e. The van der Waals surface area contributed by atoms with Crippen LogP contribution in [0, 0.1) is 11.8 Å². The first-order valence-corrected chi connectivity index (χ1v) is 36.9. The van der Waals surface area contributed by atoms with Crippen LogP contribution in [-0.2, 0) is 76.0 Å². The maximum absolute atomic E-state index is 14.6. The molecule has 5 heterocycles. The fourth-order valence-electron chi connectivity index (χ4n) is 13.9. The van der Waals surface area contributed by atoms with Gasteiger partial charge in [0.05, 0.1) is 49.1 Å². The van der Waals surface area contributed by atoms with Gasteiger partial charge < -0.3 is 102 Å². The average molecular weight is 1380 g/mol. The lowest BCUT2D eigenvalue weighted by Crippen LogP contribution is -2.68. The van der Waals surface area contributed by atoms with E-state index in [1.54, 1.807) is 58.9 Å². The number of rotatable bonds is 28. The van der Waals surface area contributed by atoms with E-state index in [0.717, 1.165) is 122 Å². The second kappa shape index (κ2) is 41.7. The van der Waals surface area contributed by atoms with Crippen molar-refractivity contribution in [3.8, 4) is 0 Å². The maximum atomic E-state index is 14.6. The van der Waals surface area contributed by atoms with Gasteiger partial charge in [-0.3, -0.25) is 9.59 Å². The van der Waals surface area contributed by atoms with Crippen molar-refractivity contribution >= 4 is 24.0 Å². The number of carbonyl (C=O) groups excluding carboxylic acids is 3. The molecule has 0 aromatic heterocycles. The summed E-state index contributed by atoms with van der Waals surface area (Å²) in [6, 6.07) is 8.94. The minimum Gasteiger partial charge on any atom is -0.455 e. The van der Waals surface area contributed by atoms with Crippen LogP contribution >= 0.6 is 0 Å². The summed E-state index contributed by atoms with van der Waals surface area (Å²) in [5.41, 5.74) is 0.673. The Labute approximate surface area is 574 Å². The van der Waals surface area contributed by atoms with E-state index in [-0.39, 0.29) is 25.6 Å². The molecule has 6 fully saturated rings. The van der Waals surface area contributed by atoms with Gasteiger partial charge in [-0.15, -0.1) is 0 Å². The van der Waals surface area contributed by atoms with Gasteiger partial charge >= 0.3 is 17.9 Å². The molecule has 0 radical (unpaired) electrons. The zero-order valence-corrected chi connectivity index (χ0v) is 58.8. The minimum atomic E-state index is -2.00. The van der Waals surface area contributed by atoms with Crippen LogP contribution in [0.15, 0.2) is 36.4 Å². The SMILES string of the molecule is CCCCCCCCCCCC(=O)O[C@H]1[C@H](O[C@H]2[C@@H](O)[C@H]3OCCCCCCCCCC[C@H](CCCCC)O[C@@H]4O[C@H](C)[C@H](O)[C@H](O)[C@H]4O[C@H]3C[C@@H]2C)O[C@@H](C)[C@H](O[C@@H]2O[C@@H](C)[C@H](OC(=O)[C@@H](C)CC)[C@@H](OC(=O)/C=C/c3ccccc3)[C@H]2O)[C@H]1O[C@@H]1O[C@H](CO)[C@@H](O)[C@H](O)[C@H]1O. The molecule has 1 saturated carbocycles. The van der Waals surface area contributed by atoms with Gasteiger partial charge in [-0.25, -0.2) is 4.79 Å². The third kappa shape index (κ3) is 23.6. The summed E-state index contributed by atoms with van der Waals surface area (Å²) in [4.78, 5) is 41.8. The van der Waals surface area contributed by atoms with Gasteiger partial charge in [0.2, 0.25) is 0 Å². The fraction of sp³-hybridized carbons (Fsp3) is 0.849. The molecule has 0 bridgehead atoms. The van der Waals surface area contributed by atoms with Crippen LogP contribution in [-0.4, -0.2) is 225 Å². The second-order valence-electron chi connectivity index (χ2n) is 28.0. The van der Waals surface area contributed by atoms with E-state index >= 15 is 0 Å². The van der Waals surface area contributed by atoms with Gasteiger partial charge in [-0.2, -0.15) is 0 Å². The Morgan fingerprint density at radius 3 is 1.82 bits per heavy atom. The Morgan fingerprint density at radius 2 is 1.14 bits per heavy atom. The highest BCUT2D eigenvalue weighted by Crippen LogP contribution is 2.41. The molecule has 0 amide bonds. The Hall–Kier alpha value is -3.35. The van der Waals surface area contributed by atoms with Crippen molar-refractivity contribution in [2.24, 2.45) is 11.8 Å². The standard InChI is InChI=1S/C73H120O24/c1-9-12-14-15-16-17-21-24-31-37-52(75)93-68-67(97-70-58(81)56(79)55(78)51(42-74)91-70)63(96-71-60(83)65(62(46(7)87-71)94-69(84)43(4)11-3)92-53(76)39-38-48-33-28-26-29-34-48)47(8)88-73(68)95-61-44(5)41-50-64(59(61)82)85-40-32-25-22-19-18-20-23-30-36-49(35-27-13-10-2)89-72-66(90-50)57(80)54(77)45(6)86-72/h26,28-29,33-34,38-39,43-47,49-51,54-68,70-74,77-83H,9-25,27,30-32,35-37,40-42H2,1-8H3/b39-38+/t43-,44-,45+,46-,47-,49-,50-,51+,54-,55+,56-,57-,58+,59+,60+,61+,62-,63-,64-,65-,66+,67+,68+,70-,71-,72-,73-/m0/s1.